The van der Waals surface area contributed by atoms with Gasteiger partial charge in [-0.2, -0.15) is 0 Å². The van der Waals surface area contributed by atoms with Crippen LogP contribution in [-0.4, -0.2) is 47.8 Å². The normalized spacial score (nSPS) is 29.2. The lowest BCUT2D eigenvalue weighted by Gasteiger charge is -2.30. The van der Waals surface area contributed by atoms with E-state index in [1.807, 2.05) is 30.3 Å². The van der Waals surface area contributed by atoms with Crippen LogP contribution in [0.1, 0.15) is 26.3 Å². The van der Waals surface area contributed by atoms with Crippen LogP contribution in [0.3, 0.4) is 0 Å². The van der Waals surface area contributed by atoms with Crippen molar-refractivity contribution in [1.29, 1.82) is 0 Å². The van der Waals surface area contributed by atoms with Gasteiger partial charge in [0, 0.05) is 13.8 Å². The third-order valence-corrected chi connectivity index (χ3v) is 3.84. The summed E-state index contributed by atoms with van der Waals surface area (Å²) in [5.41, 5.74) is -0.774. The SMILES string of the molecule is CC(=O)OC[C@]1(O)[C@H](OC(C)=O)[C@H](OCc2ccccc2)O[C@@H]1C. The Balaban J connectivity index is 2.11. The second-order valence-corrected chi connectivity index (χ2v) is 5.74. The smallest absolute Gasteiger partial charge is 0.303 e. The molecule has 2 rings (SSSR count). The Morgan fingerprint density at radius 2 is 1.88 bits per heavy atom. The molecule has 1 aliphatic heterocycles. The minimum absolute atomic E-state index is 0.222. The fourth-order valence-electron chi connectivity index (χ4n) is 2.49. The van der Waals surface area contributed by atoms with Crippen LogP contribution in [0, 0.1) is 0 Å². The van der Waals surface area contributed by atoms with Gasteiger partial charge in [0.2, 0.25) is 0 Å². The summed E-state index contributed by atoms with van der Waals surface area (Å²) in [6.45, 7) is 3.93. The average molecular weight is 338 g/mol. The van der Waals surface area contributed by atoms with Gasteiger partial charge in [0.05, 0.1) is 12.7 Å². The number of hydrogen-bond donors (Lipinski definition) is 1. The summed E-state index contributed by atoms with van der Waals surface area (Å²) >= 11 is 0. The molecule has 0 amide bonds. The second-order valence-electron chi connectivity index (χ2n) is 5.74. The summed E-state index contributed by atoms with van der Waals surface area (Å²) in [7, 11) is 0. The van der Waals surface area contributed by atoms with Gasteiger partial charge < -0.3 is 24.1 Å². The molecule has 132 valence electrons. The van der Waals surface area contributed by atoms with Crippen LogP contribution in [0.4, 0.5) is 0 Å². The van der Waals surface area contributed by atoms with Crippen molar-refractivity contribution in [2.75, 3.05) is 6.61 Å². The highest BCUT2D eigenvalue weighted by atomic mass is 16.7. The van der Waals surface area contributed by atoms with Crippen LogP contribution in [0.5, 0.6) is 0 Å². The molecule has 1 aromatic rings. The van der Waals surface area contributed by atoms with Crippen LogP contribution in [0.25, 0.3) is 0 Å². The largest absolute Gasteiger partial charge is 0.463 e. The first kappa shape index (κ1) is 18.4. The number of rotatable bonds is 6. The predicted molar refractivity (Wildman–Crippen MR) is 82.7 cm³/mol. The fourth-order valence-corrected chi connectivity index (χ4v) is 2.49. The van der Waals surface area contributed by atoms with Crippen molar-refractivity contribution in [1.82, 2.24) is 0 Å². The summed E-state index contributed by atoms with van der Waals surface area (Å²) in [5.74, 6) is -1.14. The van der Waals surface area contributed by atoms with Crippen molar-refractivity contribution in [3.63, 3.8) is 0 Å². The Bertz CT molecular complexity index is 574. The van der Waals surface area contributed by atoms with Crippen molar-refractivity contribution in [3.05, 3.63) is 35.9 Å². The lowest BCUT2D eigenvalue weighted by atomic mass is 9.94. The van der Waals surface area contributed by atoms with Gasteiger partial charge in [-0.25, -0.2) is 0 Å². The molecule has 7 heteroatoms. The van der Waals surface area contributed by atoms with E-state index in [1.165, 1.54) is 13.8 Å². The molecule has 7 nitrogen and oxygen atoms in total. The Kier molecular flexibility index (Phi) is 5.93. The molecule has 1 saturated heterocycles. The maximum Gasteiger partial charge on any atom is 0.303 e. The van der Waals surface area contributed by atoms with Crippen LogP contribution in [-0.2, 0) is 35.1 Å². The number of carbonyl (C=O) groups excluding carboxylic acids is 2. The second kappa shape index (κ2) is 7.74. The molecule has 0 spiro atoms. The van der Waals surface area contributed by atoms with E-state index in [9.17, 15) is 14.7 Å². The van der Waals surface area contributed by atoms with E-state index in [0.29, 0.717) is 0 Å². The zero-order valence-electron chi connectivity index (χ0n) is 13.9. The Labute approximate surface area is 140 Å². The first-order chi connectivity index (χ1) is 11.3. The van der Waals surface area contributed by atoms with E-state index >= 15 is 0 Å². The average Bonchev–Trinajstić information content (AvgIpc) is 2.76. The van der Waals surface area contributed by atoms with Crippen molar-refractivity contribution >= 4 is 11.9 Å². The summed E-state index contributed by atoms with van der Waals surface area (Å²) in [6, 6.07) is 9.39. The highest BCUT2D eigenvalue weighted by Gasteiger charge is 2.57. The van der Waals surface area contributed by atoms with E-state index in [0.717, 1.165) is 5.56 Å². The van der Waals surface area contributed by atoms with Gasteiger partial charge in [-0.15, -0.1) is 0 Å². The topological polar surface area (TPSA) is 91.3 Å². The van der Waals surface area contributed by atoms with E-state index < -0.39 is 36.0 Å². The summed E-state index contributed by atoms with van der Waals surface area (Å²) in [6.07, 6.45) is -2.82. The lowest BCUT2D eigenvalue weighted by molar-refractivity contribution is -0.196. The summed E-state index contributed by atoms with van der Waals surface area (Å²) in [5, 5.41) is 10.8. The van der Waals surface area contributed by atoms with Crippen molar-refractivity contribution < 1.29 is 33.6 Å². The van der Waals surface area contributed by atoms with E-state index in [1.54, 1.807) is 6.92 Å². The highest BCUT2D eigenvalue weighted by Crippen LogP contribution is 2.35. The molecule has 0 saturated carbocycles. The van der Waals surface area contributed by atoms with Gasteiger partial charge in [-0.05, 0) is 12.5 Å². The molecule has 1 aromatic carbocycles. The number of esters is 2. The first-order valence-electron chi connectivity index (χ1n) is 7.67. The molecule has 24 heavy (non-hydrogen) atoms. The zero-order chi connectivity index (χ0) is 17.7. The maximum absolute atomic E-state index is 11.4. The van der Waals surface area contributed by atoms with E-state index in [-0.39, 0.29) is 13.2 Å². The number of ether oxygens (including phenoxy) is 4. The zero-order valence-corrected chi connectivity index (χ0v) is 13.9. The Hall–Kier alpha value is -1.96. The highest BCUT2D eigenvalue weighted by molar-refractivity contribution is 5.67. The minimum Gasteiger partial charge on any atom is -0.463 e. The molecular formula is C17H22O7. The van der Waals surface area contributed by atoms with Gasteiger partial charge in [-0.1, -0.05) is 30.3 Å². The lowest BCUT2D eigenvalue weighted by Crippen LogP contribution is -2.53. The van der Waals surface area contributed by atoms with Crippen molar-refractivity contribution in [2.24, 2.45) is 0 Å². The van der Waals surface area contributed by atoms with Crippen LogP contribution in [0.15, 0.2) is 30.3 Å². The number of aliphatic hydroxyl groups is 1. The van der Waals surface area contributed by atoms with Crippen LogP contribution in [0.2, 0.25) is 0 Å². The number of benzene rings is 1. The first-order valence-corrected chi connectivity index (χ1v) is 7.67. The summed E-state index contributed by atoms with van der Waals surface area (Å²) in [4.78, 5) is 22.5. The van der Waals surface area contributed by atoms with Gasteiger partial charge in [0.1, 0.15) is 6.61 Å². The third kappa shape index (κ3) is 4.31. The van der Waals surface area contributed by atoms with E-state index in [2.05, 4.69) is 0 Å². The van der Waals surface area contributed by atoms with Gasteiger partial charge >= 0.3 is 11.9 Å². The molecular weight excluding hydrogens is 316 g/mol. The monoisotopic (exact) mass is 338 g/mol. The summed E-state index contributed by atoms with van der Waals surface area (Å²) < 4.78 is 21.4. The molecule has 0 radical (unpaired) electrons. The molecule has 1 N–H and O–H groups in total. The molecule has 1 fully saturated rings. The molecule has 1 heterocycles. The van der Waals surface area contributed by atoms with Crippen molar-refractivity contribution in [3.8, 4) is 0 Å². The molecule has 4 atom stereocenters. The maximum atomic E-state index is 11.4. The van der Waals surface area contributed by atoms with Crippen LogP contribution < -0.4 is 0 Å². The van der Waals surface area contributed by atoms with E-state index in [4.69, 9.17) is 18.9 Å². The number of hydrogen-bond acceptors (Lipinski definition) is 7. The molecule has 0 bridgehead atoms. The Morgan fingerprint density at radius 1 is 1.21 bits per heavy atom. The quantitative estimate of drug-likeness (QED) is 0.779. The minimum atomic E-state index is -1.68. The third-order valence-electron chi connectivity index (χ3n) is 3.84. The molecule has 1 aliphatic rings. The fraction of sp³-hybridized carbons (Fsp3) is 0.529. The number of carbonyl (C=O) groups is 2. The Morgan fingerprint density at radius 3 is 2.46 bits per heavy atom. The van der Waals surface area contributed by atoms with Gasteiger partial charge in [0.25, 0.3) is 0 Å². The molecule has 0 unspecified atom stereocenters. The van der Waals surface area contributed by atoms with Gasteiger partial charge in [0.15, 0.2) is 18.0 Å². The standard InChI is InChI=1S/C17H22O7/c1-11-17(20,10-22-12(2)18)15(24-13(3)19)16(23-11)21-9-14-7-5-4-6-8-14/h4-8,11,15-16,20H,9-10H2,1-3H3/t11-,15-,16-,17-/m1/s1. The van der Waals surface area contributed by atoms with Crippen molar-refractivity contribution in [2.45, 2.75) is 51.5 Å². The predicted octanol–water partition coefficient (Wildman–Crippen LogP) is 1.17. The molecule has 0 aromatic heterocycles. The van der Waals surface area contributed by atoms with Gasteiger partial charge in [-0.3, -0.25) is 9.59 Å². The molecule has 0 aliphatic carbocycles. The van der Waals surface area contributed by atoms with Crippen LogP contribution >= 0.6 is 0 Å².